The Kier molecular flexibility index (Phi) is 8.17. The Morgan fingerprint density at radius 1 is 0.720 bits per heavy atom. The van der Waals surface area contributed by atoms with Crippen LogP contribution < -0.4 is 0 Å². The van der Waals surface area contributed by atoms with E-state index >= 15 is 0 Å². The zero-order valence-electron chi connectivity index (χ0n) is 14.5. The zero-order valence-corrected chi connectivity index (χ0v) is 16.1. The van der Waals surface area contributed by atoms with E-state index in [1.165, 1.54) is 24.0 Å². The molecule has 0 spiro atoms. The Morgan fingerprint density at radius 3 is 2.08 bits per heavy atom. The first-order valence-electron chi connectivity index (χ1n) is 8.74. The summed E-state index contributed by atoms with van der Waals surface area (Å²) in [6.45, 7) is 3.24. The van der Waals surface area contributed by atoms with Crippen molar-refractivity contribution in [1.82, 2.24) is 9.80 Å². The summed E-state index contributed by atoms with van der Waals surface area (Å²) < 4.78 is 0. The number of aryl methyl sites for hydroxylation is 1. The molecule has 4 heteroatoms. The van der Waals surface area contributed by atoms with Crippen LogP contribution in [-0.4, -0.2) is 29.6 Å². The van der Waals surface area contributed by atoms with E-state index < -0.39 is 0 Å². The van der Waals surface area contributed by atoms with Gasteiger partial charge in [0.25, 0.3) is 0 Å². The van der Waals surface area contributed by atoms with E-state index in [4.69, 9.17) is 11.6 Å². The van der Waals surface area contributed by atoms with Crippen LogP contribution in [0.2, 0.25) is 5.02 Å². The highest BCUT2D eigenvalue weighted by Crippen LogP contribution is 2.13. The second kappa shape index (κ2) is 10.4. The molecule has 1 heterocycles. The van der Waals surface area contributed by atoms with Crippen LogP contribution in [0, 0.1) is 0 Å². The highest BCUT2D eigenvalue weighted by atomic mass is 35.5. The molecule has 0 bridgehead atoms. The van der Waals surface area contributed by atoms with Crippen LogP contribution in [0.25, 0.3) is 0 Å². The molecule has 0 aliphatic carbocycles. The second-order valence-corrected chi connectivity index (χ2v) is 6.82. The second-order valence-electron chi connectivity index (χ2n) is 6.38. The Hall–Kier alpha value is -1.64. The molecule has 0 aromatic heterocycles. The molecule has 0 unspecified atom stereocenters. The van der Waals surface area contributed by atoms with Crippen LogP contribution >= 0.6 is 24.0 Å². The number of halogens is 2. The Labute approximate surface area is 162 Å². The highest BCUT2D eigenvalue weighted by Gasteiger charge is 2.11. The molecule has 2 aromatic carbocycles. The number of hydrogen-bond donors (Lipinski definition) is 0. The van der Waals surface area contributed by atoms with Crippen molar-refractivity contribution in [2.75, 3.05) is 19.8 Å². The molecule has 0 radical (unpaired) electrons. The molecule has 1 aliphatic heterocycles. The molecular weight excluding hydrogens is 351 g/mol. The van der Waals surface area contributed by atoms with Crippen molar-refractivity contribution < 1.29 is 0 Å². The van der Waals surface area contributed by atoms with Gasteiger partial charge in [-0.15, -0.1) is 12.4 Å². The van der Waals surface area contributed by atoms with Gasteiger partial charge in [0.1, 0.15) is 0 Å². The minimum Gasteiger partial charge on any atom is -0.359 e. The van der Waals surface area contributed by atoms with Crippen molar-refractivity contribution in [3.63, 3.8) is 0 Å². The Bertz CT molecular complexity index is 641. The minimum absolute atomic E-state index is 0. The monoisotopic (exact) mass is 376 g/mol. The van der Waals surface area contributed by atoms with Crippen molar-refractivity contribution in [2.24, 2.45) is 0 Å². The number of hydrogen-bond acceptors (Lipinski definition) is 2. The number of benzene rings is 2. The van der Waals surface area contributed by atoms with Crippen LogP contribution in [0.4, 0.5) is 0 Å². The Morgan fingerprint density at radius 2 is 1.36 bits per heavy atom. The first-order valence-corrected chi connectivity index (χ1v) is 9.12. The summed E-state index contributed by atoms with van der Waals surface area (Å²) in [6.07, 6.45) is 9.13. The van der Waals surface area contributed by atoms with Crippen molar-refractivity contribution >= 4 is 24.0 Å². The molecule has 0 amide bonds. The summed E-state index contributed by atoms with van der Waals surface area (Å²) >= 11 is 5.92. The van der Waals surface area contributed by atoms with Gasteiger partial charge in [0, 0.05) is 30.5 Å². The Balaban J connectivity index is 0.00000225. The fourth-order valence-corrected chi connectivity index (χ4v) is 3.15. The van der Waals surface area contributed by atoms with Gasteiger partial charge in [0.2, 0.25) is 0 Å². The van der Waals surface area contributed by atoms with Crippen LogP contribution in [-0.2, 0) is 12.8 Å². The lowest BCUT2D eigenvalue weighted by Crippen LogP contribution is -2.27. The smallest absolute Gasteiger partial charge is 0.0893 e. The topological polar surface area (TPSA) is 6.48 Å². The fraction of sp³-hybridized carbons (Fsp3) is 0.333. The van der Waals surface area contributed by atoms with Crippen LogP contribution in [0.5, 0.6) is 0 Å². The SMILES string of the molecule is Cl.Clc1ccc(CCCCN2C=CN(CCc3ccccc3)C2)cc1. The van der Waals surface area contributed by atoms with Crippen molar-refractivity contribution in [2.45, 2.75) is 25.7 Å². The van der Waals surface area contributed by atoms with Crippen molar-refractivity contribution in [3.05, 3.63) is 83.1 Å². The van der Waals surface area contributed by atoms with Gasteiger partial charge in [-0.05, 0) is 48.9 Å². The lowest BCUT2D eigenvalue weighted by atomic mass is 10.1. The van der Waals surface area contributed by atoms with E-state index in [1.807, 2.05) is 12.1 Å². The van der Waals surface area contributed by atoms with Gasteiger partial charge in [-0.25, -0.2) is 0 Å². The summed E-state index contributed by atoms with van der Waals surface area (Å²) in [5.41, 5.74) is 2.79. The predicted octanol–water partition coefficient (Wildman–Crippen LogP) is 5.37. The highest BCUT2D eigenvalue weighted by molar-refractivity contribution is 6.30. The van der Waals surface area contributed by atoms with E-state index in [2.05, 4.69) is 64.7 Å². The normalized spacial score (nSPS) is 13.2. The van der Waals surface area contributed by atoms with Gasteiger partial charge in [0.15, 0.2) is 0 Å². The molecule has 2 aromatic rings. The van der Waals surface area contributed by atoms with Crippen LogP contribution in [0.15, 0.2) is 67.0 Å². The molecule has 3 rings (SSSR count). The quantitative estimate of drug-likeness (QED) is 0.571. The molecule has 0 saturated carbocycles. The van der Waals surface area contributed by atoms with E-state index in [9.17, 15) is 0 Å². The van der Waals surface area contributed by atoms with E-state index in [-0.39, 0.29) is 12.4 Å². The minimum atomic E-state index is 0. The number of rotatable bonds is 8. The van der Waals surface area contributed by atoms with Gasteiger partial charge in [-0.2, -0.15) is 0 Å². The number of unbranched alkanes of at least 4 members (excludes halogenated alkanes) is 1. The van der Waals surface area contributed by atoms with Crippen LogP contribution in [0.3, 0.4) is 0 Å². The van der Waals surface area contributed by atoms with Gasteiger partial charge >= 0.3 is 0 Å². The lowest BCUT2D eigenvalue weighted by molar-refractivity contribution is 0.263. The van der Waals surface area contributed by atoms with Crippen molar-refractivity contribution in [3.8, 4) is 0 Å². The average molecular weight is 377 g/mol. The first kappa shape index (κ1) is 19.7. The third-order valence-electron chi connectivity index (χ3n) is 4.46. The molecule has 2 nitrogen and oxygen atoms in total. The van der Waals surface area contributed by atoms with Gasteiger partial charge in [-0.3, -0.25) is 0 Å². The molecule has 0 N–H and O–H groups in total. The molecule has 0 atom stereocenters. The summed E-state index contributed by atoms with van der Waals surface area (Å²) in [5, 5.41) is 0.816. The summed E-state index contributed by atoms with van der Waals surface area (Å²) in [4.78, 5) is 4.80. The first-order chi connectivity index (χ1) is 11.8. The maximum absolute atomic E-state index is 5.92. The maximum Gasteiger partial charge on any atom is 0.0893 e. The van der Waals surface area contributed by atoms with Gasteiger partial charge in [-0.1, -0.05) is 54.1 Å². The van der Waals surface area contributed by atoms with E-state index in [0.29, 0.717) is 0 Å². The third-order valence-corrected chi connectivity index (χ3v) is 4.71. The molecule has 0 saturated heterocycles. The zero-order chi connectivity index (χ0) is 16.6. The third kappa shape index (κ3) is 6.64. The van der Waals surface area contributed by atoms with E-state index in [1.54, 1.807) is 0 Å². The van der Waals surface area contributed by atoms with Gasteiger partial charge in [0.05, 0.1) is 6.67 Å². The molecule has 134 valence electrons. The lowest BCUT2D eigenvalue weighted by Gasteiger charge is -2.21. The van der Waals surface area contributed by atoms with Crippen molar-refractivity contribution in [1.29, 1.82) is 0 Å². The molecule has 1 aliphatic rings. The molecule has 25 heavy (non-hydrogen) atoms. The summed E-state index contributed by atoms with van der Waals surface area (Å²) in [6, 6.07) is 18.9. The van der Waals surface area contributed by atoms with Gasteiger partial charge < -0.3 is 9.80 Å². The van der Waals surface area contributed by atoms with Crippen LogP contribution in [0.1, 0.15) is 24.0 Å². The number of nitrogens with zero attached hydrogens (tertiary/aromatic N) is 2. The summed E-state index contributed by atoms with van der Waals surface area (Å²) in [7, 11) is 0. The molecular formula is C21H26Cl2N2. The fourth-order valence-electron chi connectivity index (χ4n) is 3.02. The van der Waals surface area contributed by atoms with E-state index in [0.717, 1.165) is 37.6 Å². The summed E-state index contributed by atoms with van der Waals surface area (Å²) in [5.74, 6) is 0. The maximum atomic E-state index is 5.92. The largest absolute Gasteiger partial charge is 0.359 e. The predicted molar refractivity (Wildman–Crippen MR) is 109 cm³/mol. The molecule has 0 fully saturated rings. The average Bonchev–Trinajstić information content (AvgIpc) is 3.07. The standard InChI is InChI=1S/C21H25ClN2.ClH/c22-21-11-9-20(10-12-21)8-4-5-14-23-16-17-24(18-23)15-13-19-6-2-1-3-7-19;/h1-3,6-7,9-12,16-17H,4-5,8,13-15,18H2;1H.